The fourth-order valence-corrected chi connectivity index (χ4v) is 4.46. The molecule has 0 aliphatic heterocycles. The van der Waals surface area contributed by atoms with Crippen molar-refractivity contribution in [2.45, 2.75) is 25.7 Å². The van der Waals surface area contributed by atoms with Crippen molar-refractivity contribution in [3.8, 4) is 22.5 Å². The second-order valence-corrected chi connectivity index (χ2v) is 9.11. The third-order valence-electron chi connectivity index (χ3n) is 6.51. The fourth-order valence-electron chi connectivity index (χ4n) is 4.46. The number of carbonyl (C=O) groups excluding carboxylic acids is 1. The number of imidazole rings is 1. The summed E-state index contributed by atoms with van der Waals surface area (Å²) in [5, 5.41) is 2.99. The van der Waals surface area contributed by atoms with Crippen LogP contribution in [0.2, 0.25) is 0 Å². The number of anilines is 1. The summed E-state index contributed by atoms with van der Waals surface area (Å²) < 4.78 is 30.1. The Bertz CT molecular complexity index is 1620. The van der Waals surface area contributed by atoms with Crippen molar-refractivity contribution in [3.05, 3.63) is 108 Å². The highest BCUT2D eigenvalue weighted by atomic mass is 19.2. The minimum atomic E-state index is -0.944. The molecule has 7 heteroatoms. The van der Waals surface area contributed by atoms with Gasteiger partial charge in [0.25, 0.3) is 5.91 Å². The van der Waals surface area contributed by atoms with Gasteiger partial charge in [-0.2, -0.15) is 0 Å². The highest BCUT2D eigenvalue weighted by Crippen LogP contribution is 2.41. The Labute approximate surface area is 206 Å². The van der Waals surface area contributed by atoms with Gasteiger partial charge >= 0.3 is 0 Å². The standard InChI is InChI=1S/C29H22F2N4O/c1-17-7-11-20(12-8-17)34-29(36)23-14-19(15-32-27(23)18-9-10-18)21-5-3-13-35-25(21)16-33-28(35)22-4-2-6-24(30)26(22)31/h2-8,11-16,18H,9-10H2,1H3,(H,34,36). The molecule has 1 fully saturated rings. The Hall–Kier alpha value is -4.39. The molecular formula is C29H22F2N4O. The second-order valence-electron chi connectivity index (χ2n) is 9.11. The predicted molar refractivity (Wildman–Crippen MR) is 135 cm³/mol. The maximum Gasteiger partial charge on any atom is 0.257 e. The monoisotopic (exact) mass is 480 g/mol. The van der Waals surface area contributed by atoms with Gasteiger partial charge in [-0.15, -0.1) is 0 Å². The number of pyridine rings is 2. The molecule has 1 aliphatic carbocycles. The zero-order valence-corrected chi connectivity index (χ0v) is 19.5. The van der Waals surface area contributed by atoms with E-state index in [-0.39, 0.29) is 17.4 Å². The van der Waals surface area contributed by atoms with Crippen molar-refractivity contribution in [1.29, 1.82) is 0 Å². The maximum atomic E-state index is 14.5. The van der Waals surface area contributed by atoms with Crippen LogP contribution in [0.25, 0.3) is 28.0 Å². The molecule has 3 heterocycles. The van der Waals surface area contributed by atoms with Crippen molar-refractivity contribution in [2.75, 3.05) is 5.32 Å². The van der Waals surface area contributed by atoms with Crippen LogP contribution >= 0.6 is 0 Å². The van der Waals surface area contributed by atoms with E-state index in [1.165, 1.54) is 12.1 Å². The smallest absolute Gasteiger partial charge is 0.257 e. The zero-order chi connectivity index (χ0) is 24.8. The summed E-state index contributed by atoms with van der Waals surface area (Å²) in [5.41, 5.74) is 5.46. The summed E-state index contributed by atoms with van der Waals surface area (Å²) in [7, 11) is 0. The number of nitrogens with zero attached hydrogens (tertiary/aromatic N) is 3. The maximum absolute atomic E-state index is 14.5. The molecule has 0 unspecified atom stereocenters. The summed E-state index contributed by atoms with van der Waals surface area (Å²) in [6.45, 7) is 2.00. The molecule has 178 valence electrons. The van der Waals surface area contributed by atoms with E-state index >= 15 is 0 Å². The summed E-state index contributed by atoms with van der Waals surface area (Å²) in [5.74, 6) is -1.50. The summed E-state index contributed by atoms with van der Waals surface area (Å²) in [6, 6.07) is 17.3. The van der Waals surface area contributed by atoms with Gasteiger partial charge in [0.15, 0.2) is 11.6 Å². The van der Waals surface area contributed by atoms with Crippen LogP contribution in [0, 0.1) is 18.6 Å². The Morgan fingerprint density at radius 1 is 0.972 bits per heavy atom. The van der Waals surface area contributed by atoms with Crippen LogP contribution < -0.4 is 5.32 Å². The lowest BCUT2D eigenvalue weighted by Gasteiger charge is -2.12. The van der Waals surface area contributed by atoms with Crippen LogP contribution in [0.5, 0.6) is 0 Å². The summed E-state index contributed by atoms with van der Waals surface area (Å²) in [4.78, 5) is 22.4. The van der Waals surface area contributed by atoms with E-state index in [9.17, 15) is 13.6 Å². The molecule has 1 amide bonds. The highest BCUT2D eigenvalue weighted by Gasteiger charge is 2.30. The molecule has 2 aromatic carbocycles. The number of aromatic nitrogens is 3. The first-order valence-electron chi connectivity index (χ1n) is 11.8. The molecular weight excluding hydrogens is 458 g/mol. The fraction of sp³-hybridized carbons (Fsp3) is 0.138. The molecule has 3 aromatic heterocycles. The lowest BCUT2D eigenvalue weighted by atomic mass is 10.0. The number of aryl methyl sites for hydroxylation is 1. The molecule has 0 saturated heterocycles. The van der Waals surface area contributed by atoms with Gasteiger partial charge in [-0.25, -0.2) is 13.8 Å². The molecule has 36 heavy (non-hydrogen) atoms. The first kappa shape index (κ1) is 22.1. The first-order chi connectivity index (χ1) is 17.5. The number of nitrogens with one attached hydrogen (secondary N) is 1. The second kappa shape index (κ2) is 8.68. The predicted octanol–water partition coefficient (Wildman–Crippen LogP) is 6.78. The van der Waals surface area contributed by atoms with Crippen molar-refractivity contribution in [2.24, 2.45) is 0 Å². The Morgan fingerprint density at radius 2 is 1.75 bits per heavy atom. The number of benzene rings is 2. The van der Waals surface area contributed by atoms with Crippen molar-refractivity contribution in [1.82, 2.24) is 14.4 Å². The van der Waals surface area contributed by atoms with E-state index in [1.807, 2.05) is 49.4 Å². The molecule has 5 nitrogen and oxygen atoms in total. The lowest BCUT2D eigenvalue weighted by Crippen LogP contribution is -2.15. The average Bonchev–Trinajstić information content (AvgIpc) is 3.65. The highest BCUT2D eigenvalue weighted by molar-refractivity contribution is 6.06. The minimum Gasteiger partial charge on any atom is -0.322 e. The number of hydrogen-bond acceptors (Lipinski definition) is 3. The van der Waals surface area contributed by atoms with Crippen LogP contribution in [-0.4, -0.2) is 20.3 Å². The number of amides is 1. The van der Waals surface area contributed by atoms with E-state index in [2.05, 4.69) is 10.3 Å². The van der Waals surface area contributed by atoms with Crippen LogP contribution in [0.3, 0.4) is 0 Å². The molecule has 1 N–H and O–H groups in total. The molecule has 1 saturated carbocycles. The van der Waals surface area contributed by atoms with Gasteiger partial charge in [0.2, 0.25) is 0 Å². The largest absolute Gasteiger partial charge is 0.322 e. The number of hydrogen-bond donors (Lipinski definition) is 1. The molecule has 5 aromatic rings. The topological polar surface area (TPSA) is 59.3 Å². The van der Waals surface area contributed by atoms with Gasteiger partial charge in [-0.3, -0.25) is 14.2 Å². The van der Waals surface area contributed by atoms with Crippen molar-refractivity contribution in [3.63, 3.8) is 0 Å². The van der Waals surface area contributed by atoms with Gasteiger partial charge < -0.3 is 5.32 Å². The Balaban J connectivity index is 1.43. The average molecular weight is 481 g/mol. The zero-order valence-electron chi connectivity index (χ0n) is 19.5. The van der Waals surface area contributed by atoms with Gasteiger partial charge in [0.1, 0.15) is 5.82 Å². The van der Waals surface area contributed by atoms with Gasteiger partial charge in [0.05, 0.1) is 28.5 Å². The van der Waals surface area contributed by atoms with Gasteiger partial charge in [-0.05, 0) is 56.2 Å². The summed E-state index contributed by atoms with van der Waals surface area (Å²) in [6.07, 6.45) is 7.16. The number of fused-ring (bicyclic) bond motifs is 1. The van der Waals surface area contributed by atoms with E-state index in [0.717, 1.165) is 47.0 Å². The molecule has 6 rings (SSSR count). The molecule has 0 radical (unpaired) electrons. The van der Waals surface area contributed by atoms with E-state index < -0.39 is 11.6 Å². The SMILES string of the molecule is Cc1ccc(NC(=O)c2cc(-c3cccn4c(-c5cccc(F)c5F)ncc34)cnc2C2CC2)cc1. The van der Waals surface area contributed by atoms with Crippen LogP contribution in [0.4, 0.5) is 14.5 Å². The molecule has 0 bridgehead atoms. The number of halogens is 2. The van der Waals surface area contributed by atoms with Crippen LogP contribution in [0.1, 0.15) is 40.4 Å². The normalized spacial score (nSPS) is 13.2. The Kier molecular flexibility index (Phi) is 5.33. The Morgan fingerprint density at radius 3 is 2.53 bits per heavy atom. The first-order valence-corrected chi connectivity index (χ1v) is 11.8. The van der Waals surface area contributed by atoms with E-state index in [4.69, 9.17) is 4.98 Å². The summed E-state index contributed by atoms with van der Waals surface area (Å²) >= 11 is 0. The number of carbonyl (C=O) groups is 1. The van der Waals surface area contributed by atoms with Gasteiger partial charge in [-0.1, -0.05) is 29.8 Å². The van der Waals surface area contributed by atoms with Crippen LogP contribution in [0.15, 0.2) is 79.3 Å². The van der Waals surface area contributed by atoms with Crippen molar-refractivity contribution >= 4 is 17.1 Å². The van der Waals surface area contributed by atoms with E-state index in [0.29, 0.717) is 16.9 Å². The molecule has 1 aliphatic rings. The third kappa shape index (κ3) is 3.92. The molecule has 0 spiro atoms. The third-order valence-corrected chi connectivity index (χ3v) is 6.51. The van der Waals surface area contributed by atoms with E-state index in [1.54, 1.807) is 23.0 Å². The molecule has 0 atom stereocenters. The minimum absolute atomic E-state index is 0.0764. The number of rotatable bonds is 5. The van der Waals surface area contributed by atoms with Crippen LogP contribution in [-0.2, 0) is 0 Å². The lowest BCUT2D eigenvalue weighted by molar-refractivity contribution is 0.102. The van der Waals surface area contributed by atoms with Gasteiger partial charge in [0, 0.05) is 35.1 Å². The quantitative estimate of drug-likeness (QED) is 0.302. The van der Waals surface area contributed by atoms with Crippen molar-refractivity contribution < 1.29 is 13.6 Å².